The quantitative estimate of drug-likeness (QED) is 0.199. The second-order valence-electron chi connectivity index (χ2n) is 13.8. The summed E-state index contributed by atoms with van der Waals surface area (Å²) in [5, 5.41) is 58.8. The van der Waals surface area contributed by atoms with Crippen LogP contribution in [-0.2, 0) is 23.8 Å². The van der Waals surface area contributed by atoms with Crippen molar-refractivity contribution in [2.75, 3.05) is 13.7 Å². The van der Waals surface area contributed by atoms with Crippen molar-refractivity contribution in [2.24, 2.45) is 22.7 Å². The molecule has 1 aromatic carbocycles. The van der Waals surface area contributed by atoms with Gasteiger partial charge in [0.2, 0.25) is 0 Å². The molecule has 2 radical (unpaired) electrons. The Balaban J connectivity index is 0.00000368. The fourth-order valence-electron chi connectivity index (χ4n) is 7.79. The summed E-state index contributed by atoms with van der Waals surface area (Å²) in [6.07, 6.45) is -8.13. The first-order valence-electron chi connectivity index (χ1n) is 15.1. The molecule has 5 N–H and O–H groups in total. The first-order chi connectivity index (χ1) is 20.4. The zero-order valence-corrected chi connectivity index (χ0v) is 37.1. The molecule has 2 fully saturated rings. The molecule has 2 bridgehead atoms. The van der Waals surface area contributed by atoms with Crippen LogP contribution in [0.5, 0.6) is 0 Å². The van der Waals surface area contributed by atoms with Gasteiger partial charge in [-0.25, -0.2) is 9.59 Å². The number of carbonyl (C=O) groups is 3. The topological polar surface area (TPSA) is 180 Å². The van der Waals surface area contributed by atoms with Crippen molar-refractivity contribution in [1.29, 1.82) is 0 Å². The molecule has 11 nitrogen and oxygen atoms in total. The SMILES string of the molecule is COCC1(O)CCC(O)C2(C)C(=O)C(O)C3=C(C)C(OC(=O)C(O)C(C)C)CC(O)(C(OC(=O)c4ccccc4)C12)C3(C)C.[Ac].[Ac]. The molecule has 0 heterocycles. The van der Waals surface area contributed by atoms with Crippen molar-refractivity contribution in [2.45, 2.75) is 103 Å². The van der Waals surface area contributed by atoms with Gasteiger partial charge in [0.25, 0.3) is 0 Å². The summed E-state index contributed by atoms with van der Waals surface area (Å²) < 4.78 is 17.3. The van der Waals surface area contributed by atoms with Gasteiger partial charge in [0.05, 0.1) is 29.3 Å². The van der Waals surface area contributed by atoms with Crippen LogP contribution in [0, 0.1) is 111 Å². The number of fused-ring (bicyclic) bond motifs is 3. The second kappa shape index (κ2) is 15.6. The molecular weight excluding hydrogens is 1030 g/mol. The average Bonchev–Trinajstić information content (AvgIpc) is 2.96. The largest absolute Gasteiger partial charge is 0.456 e. The molecule has 46 heavy (non-hydrogen) atoms. The van der Waals surface area contributed by atoms with Gasteiger partial charge in [0, 0.05) is 113 Å². The number of esters is 2. The molecule has 9 unspecified atom stereocenters. The first kappa shape index (κ1) is 42.4. The fourth-order valence-corrected chi connectivity index (χ4v) is 7.79. The molecule has 0 aliphatic heterocycles. The summed E-state index contributed by atoms with van der Waals surface area (Å²) in [4.78, 5) is 41.1. The van der Waals surface area contributed by atoms with Gasteiger partial charge in [-0.1, -0.05) is 45.9 Å². The maximum Gasteiger partial charge on any atom is 0.338 e. The van der Waals surface area contributed by atoms with E-state index in [1.54, 1.807) is 52.8 Å². The Labute approximate surface area is 341 Å². The van der Waals surface area contributed by atoms with E-state index in [1.165, 1.54) is 26.2 Å². The molecule has 3 aliphatic carbocycles. The van der Waals surface area contributed by atoms with Gasteiger partial charge in [0.1, 0.15) is 23.9 Å². The molecule has 0 spiro atoms. The number of methoxy groups -OCH3 is 1. The third-order valence-corrected chi connectivity index (χ3v) is 10.5. The van der Waals surface area contributed by atoms with Crippen molar-refractivity contribution < 1.29 is 142 Å². The van der Waals surface area contributed by atoms with E-state index in [0.29, 0.717) is 0 Å². The minimum Gasteiger partial charge on any atom is -0.456 e. The molecule has 250 valence electrons. The summed E-state index contributed by atoms with van der Waals surface area (Å²) in [7, 11) is 1.35. The van der Waals surface area contributed by atoms with Crippen molar-refractivity contribution in [3.8, 4) is 0 Å². The number of hydrogen-bond acceptors (Lipinski definition) is 11. The van der Waals surface area contributed by atoms with Crippen LogP contribution < -0.4 is 0 Å². The van der Waals surface area contributed by atoms with E-state index in [2.05, 4.69) is 0 Å². The van der Waals surface area contributed by atoms with E-state index < -0.39 is 82.1 Å². The van der Waals surface area contributed by atoms with Gasteiger partial charge in [-0.15, -0.1) is 0 Å². The predicted octanol–water partition coefficient (Wildman–Crippen LogP) is 1.72. The van der Waals surface area contributed by atoms with E-state index in [9.17, 15) is 39.9 Å². The minimum absolute atomic E-state index is 0. The van der Waals surface area contributed by atoms with E-state index in [0.717, 1.165) is 0 Å². The normalized spacial score (nSPS) is 35.8. The first-order valence-corrected chi connectivity index (χ1v) is 15.1. The van der Waals surface area contributed by atoms with Gasteiger partial charge < -0.3 is 39.7 Å². The third kappa shape index (κ3) is 7.05. The number of hydrogen-bond donors (Lipinski definition) is 5. The van der Waals surface area contributed by atoms with Crippen molar-refractivity contribution in [1.82, 2.24) is 0 Å². The molecule has 0 aromatic heterocycles. The summed E-state index contributed by atoms with van der Waals surface area (Å²) in [6, 6.07) is 7.99. The van der Waals surface area contributed by atoms with Crippen molar-refractivity contribution in [3.63, 3.8) is 0 Å². The monoisotopic (exact) mass is 1070 g/mol. The number of ether oxygens (including phenoxy) is 3. The standard InChI is InChI=1S/C33H46O11.2Ac/c1-17(2)23(35)29(39)43-20-15-33(41)27(44-28(38)19-11-9-8-10-12-19)25-31(6,21(34)13-14-32(25,40)16-42-7)26(37)24(36)22(18(20)3)30(33,4)5;;/h8-12,17,20-21,23-25,27,34-36,40-41H,13-16H2,1-7H3;;. The van der Waals surface area contributed by atoms with Crippen LogP contribution in [0.3, 0.4) is 0 Å². The molecule has 0 amide bonds. The average molecular weight is 1070 g/mol. The van der Waals surface area contributed by atoms with Crippen LogP contribution in [-0.4, -0.2) is 98.7 Å². The maximum absolute atomic E-state index is 14.5. The van der Waals surface area contributed by atoms with Gasteiger partial charge in [0.15, 0.2) is 11.9 Å². The van der Waals surface area contributed by atoms with E-state index in [4.69, 9.17) is 14.2 Å². The number of rotatable bonds is 7. The molecule has 13 heteroatoms. The summed E-state index contributed by atoms with van der Waals surface area (Å²) in [5.41, 5.74) is -7.03. The van der Waals surface area contributed by atoms with E-state index in [1.807, 2.05) is 0 Å². The smallest absolute Gasteiger partial charge is 0.338 e. The number of aliphatic hydroxyl groups is 5. The van der Waals surface area contributed by atoms with Gasteiger partial charge in [-0.3, -0.25) is 4.79 Å². The molecule has 3 aliphatic rings. The Morgan fingerprint density at radius 3 is 2.15 bits per heavy atom. The van der Waals surface area contributed by atoms with Crippen LogP contribution in [0.15, 0.2) is 41.5 Å². The van der Waals surface area contributed by atoms with Crippen LogP contribution in [0.2, 0.25) is 0 Å². The predicted molar refractivity (Wildman–Crippen MR) is 157 cm³/mol. The Bertz CT molecular complexity index is 1320. The Morgan fingerprint density at radius 2 is 1.61 bits per heavy atom. The molecular formula is C33H46Ac2O11. The van der Waals surface area contributed by atoms with Crippen LogP contribution in [0.25, 0.3) is 0 Å². The summed E-state index contributed by atoms with van der Waals surface area (Å²) in [6.45, 7) is 9.07. The van der Waals surface area contributed by atoms with Crippen molar-refractivity contribution >= 4 is 17.7 Å². The Morgan fingerprint density at radius 1 is 1.02 bits per heavy atom. The number of benzene rings is 1. The summed E-state index contributed by atoms with van der Waals surface area (Å²) in [5.74, 6) is -4.62. The van der Waals surface area contributed by atoms with Crippen LogP contribution in [0.4, 0.5) is 0 Å². The van der Waals surface area contributed by atoms with E-state index >= 15 is 0 Å². The number of Topliss-reactive ketones (excluding diaryl/α,β-unsaturated/α-hetero) is 1. The Kier molecular flexibility index (Phi) is 14.4. The number of carbonyl (C=O) groups excluding carboxylic acids is 3. The molecule has 9 atom stereocenters. The maximum atomic E-state index is 14.5. The third-order valence-electron chi connectivity index (χ3n) is 10.5. The minimum atomic E-state index is -2.19. The van der Waals surface area contributed by atoms with Crippen LogP contribution in [0.1, 0.15) is 71.2 Å². The molecule has 0 saturated heterocycles. The van der Waals surface area contributed by atoms with E-state index in [-0.39, 0.29) is 131 Å². The Hall–Kier alpha value is 0.213. The zero-order valence-electron chi connectivity index (χ0n) is 27.6. The van der Waals surface area contributed by atoms with Gasteiger partial charge in [-0.2, -0.15) is 0 Å². The summed E-state index contributed by atoms with van der Waals surface area (Å²) >= 11 is 0. The fraction of sp³-hybridized carbons (Fsp3) is 0.667. The number of ketones is 1. The van der Waals surface area contributed by atoms with Gasteiger partial charge >= 0.3 is 11.9 Å². The van der Waals surface area contributed by atoms with Gasteiger partial charge in [-0.05, 0) is 55.9 Å². The second-order valence-corrected chi connectivity index (χ2v) is 13.8. The molecule has 1 aromatic rings. The molecule has 2 saturated carbocycles. The molecule has 4 rings (SSSR count). The number of aliphatic hydroxyl groups excluding tert-OH is 3. The van der Waals surface area contributed by atoms with Crippen molar-refractivity contribution in [3.05, 3.63) is 47.0 Å². The zero-order chi connectivity index (χ0) is 33.0. The van der Waals surface area contributed by atoms with Crippen LogP contribution >= 0.6 is 0 Å².